The van der Waals surface area contributed by atoms with Crippen LogP contribution < -0.4 is 10.1 Å². The first-order chi connectivity index (χ1) is 14.5. The first-order valence-electron chi connectivity index (χ1n) is 10.7. The normalized spacial score (nSPS) is 15.0. The molecule has 6 heteroatoms. The topological polar surface area (TPSA) is 72.5 Å². The van der Waals surface area contributed by atoms with Crippen LogP contribution in [0.3, 0.4) is 0 Å². The molecule has 2 aromatic rings. The molecule has 0 heterocycles. The summed E-state index contributed by atoms with van der Waals surface area (Å²) in [5.41, 5.74) is 2.55. The second-order valence-corrected chi connectivity index (χ2v) is 10.3. The third kappa shape index (κ3) is 6.59. The molecule has 1 fully saturated rings. The van der Waals surface area contributed by atoms with E-state index in [1.54, 1.807) is 25.3 Å². The van der Waals surface area contributed by atoms with Gasteiger partial charge in [-0.3, -0.25) is 4.79 Å². The van der Waals surface area contributed by atoms with Gasteiger partial charge in [0.15, 0.2) is 9.84 Å². The SMILES string of the molecule is COc1ccc(CCCC(=O)Nc2cccc(CS(=O)(=O)C3CCCCC3)c2)cc1. The molecule has 5 nitrogen and oxygen atoms in total. The maximum Gasteiger partial charge on any atom is 0.224 e. The van der Waals surface area contributed by atoms with Gasteiger partial charge in [-0.2, -0.15) is 0 Å². The van der Waals surface area contributed by atoms with Crippen LogP contribution in [0.15, 0.2) is 48.5 Å². The second-order valence-electron chi connectivity index (χ2n) is 8.02. The van der Waals surface area contributed by atoms with E-state index in [1.807, 2.05) is 30.3 Å². The molecule has 0 unspecified atom stereocenters. The number of hydrogen-bond donors (Lipinski definition) is 1. The van der Waals surface area contributed by atoms with Gasteiger partial charge in [0.25, 0.3) is 0 Å². The highest BCUT2D eigenvalue weighted by Gasteiger charge is 2.27. The summed E-state index contributed by atoms with van der Waals surface area (Å²) >= 11 is 0. The van der Waals surface area contributed by atoms with Gasteiger partial charge in [0.2, 0.25) is 5.91 Å². The third-order valence-electron chi connectivity index (χ3n) is 5.67. The van der Waals surface area contributed by atoms with E-state index < -0.39 is 9.84 Å². The molecule has 0 atom stereocenters. The van der Waals surface area contributed by atoms with E-state index in [9.17, 15) is 13.2 Å². The van der Waals surface area contributed by atoms with Gasteiger partial charge >= 0.3 is 0 Å². The Bertz CT molecular complexity index is 932. The van der Waals surface area contributed by atoms with Crippen LogP contribution in [0.25, 0.3) is 0 Å². The number of carbonyl (C=O) groups excluding carboxylic acids is 1. The Labute approximate surface area is 179 Å². The van der Waals surface area contributed by atoms with Gasteiger partial charge in [0.05, 0.1) is 18.1 Å². The molecule has 162 valence electrons. The van der Waals surface area contributed by atoms with Crippen molar-refractivity contribution in [3.8, 4) is 5.75 Å². The summed E-state index contributed by atoms with van der Waals surface area (Å²) in [5.74, 6) is 0.802. The fraction of sp³-hybridized carbons (Fsp3) is 0.458. The number of hydrogen-bond acceptors (Lipinski definition) is 4. The van der Waals surface area contributed by atoms with Gasteiger partial charge in [-0.25, -0.2) is 8.42 Å². The molecule has 0 spiro atoms. The van der Waals surface area contributed by atoms with Crippen molar-refractivity contribution in [1.82, 2.24) is 0 Å². The smallest absolute Gasteiger partial charge is 0.224 e. The minimum atomic E-state index is -3.15. The van der Waals surface area contributed by atoms with Crippen LogP contribution in [-0.2, 0) is 26.8 Å². The van der Waals surface area contributed by atoms with Crippen LogP contribution in [-0.4, -0.2) is 26.7 Å². The zero-order valence-electron chi connectivity index (χ0n) is 17.6. The maximum absolute atomic E-state index is 12.7. The number of nitrogens with one attached hydrogen (secondary N) is 1. The van der Waals surface area contributed by atoms with Gasteiger partial charge < -0.3 is 10.1 Å². The Kier molecular flexibility index (Phi) is 7.91. The van der Waals surface area contributed by atoms with E-state index in [2.05, 4.69) is 5.32 Å². The Morgan fingerprint density at radius 2 is 1.77 bits per heavy atom. The summed E-state index contributed by atoms with van der Waals surface area (Å²) in [5, 5.41) is 2.68. The number of rotatable bonds is 9. The molecule has 0 radical (unpaired) electrons. The van der Waals surface area contributed by atoms with Crippen molar-refractivity contribution in [2.75, 3.05) is 12.4 Å². The summed E-state index contributed by atoms with van der Waals surface area (Å²) in [4.78, 5) is 12.3. The molecule has 30 heavy (non-hydrogen) atoms. The van der Waals surface area contributed by atoms with Crippen LogP contribution in [0.5, 0.6) is 5.75 Å². The standard InChI is InChI=1S/C24H31NO4S/c1-29-22-15-13-19(14-16-22)7-6-12-24(26)25-21-9-5-8-20(17-21)18-30(27,28)23-10-3-2-4-11-23/h5,8-9,13-17,23H,2-4,6-7,10-12,18H2,1H3,(H,25,26). The molecular formula is C24H31NO4S. The largest absolute Gasteiger partial charge is 0.497 e. The molecule has 0 bridgehead atoms. The van der Waals surface area contributed by atoms with E-state index >= 15 is 0 Å². The molecule has 0 aromatic heterocycles. The Balaban J connectivity index is 1.49. The van der Waals surface area contributed by atoms with Crippen LogP contribution in [0.4, 0.5) is 5.69 Å². The Morgan fingerprint density at radius 3 is 2.47 bits per heavy atom. The lowest BCUT2D eigenvalue weighted by Gasteiger charge is -2.21. The van der Waals surface area contributed by atoms with Crippen molar-refractivity contribution in [2.45, 2.75) is 62.4 Å². The summed E-state index contributed by atoms with van der Waals surface area (Å²) in [6.45, 7) is 0. The van der Waals surface area contributed by atoms with Crippen molar-refractivity contribution in [3.63, 3.8) is 0 Å². The van der Waals surface area contributed by atoms with Gasteiger partial charge in [-0.1, -0.05) is 43.5 Å². The molecule has 0 saturated heterocycles. The van der Waals surface area contributed by atoms with E-state index in [0.29, 0.717) is 12.1 Å². The lowest BCUT2D eigenvalue weighted by Crippen LogP contribution is -2.25. The molecule has 2 aromatic carbocycles. The molecule has 1 aliphatic carbocycles. The molecule has 1 N–H and O–H groups in total. The van der Waals surface area contributed by atoms with Crippen molar-refractivity contribution >= 4 is 21.4 Å². The van der Waals surface area contributed by atoms with E-state index in [-0.39, 0.29) is 16.9 Å². The average molecular weight is 430 g/mol. The molecule has 1 saturated carbocycles. The predicted octanol–water partition coefficient (Wildman–Crippen LogP) is 4.90. The fourth-order valence-corrected chi connectivity index (χ4v) is 5.91. The second kappa shape index (κ2) is 10.6. The molecule has 0 aliphatic heterocycles. The van der Waals surface area contributed by atoms with E-state index in [4.69, 9.17) is 4.74 Å². The van der Waals surface area contributed by atoms with Gasteiger partial charge in [0, 0.05) is 12.1 Å². The predicted molar refractivity (Wildman–Crippen MR) is 121 cm³/mol. The van der Waals surface area contributed by atoms with Crippen LogP contribution >= 0.6 is 0 Å². The van der Waals surface area contributed by atoms with Crippen molar-refractivity contribution in [2.24, 2.45) is 0 Å². The fourth-order valence-electron chi connectivity index (χ4n) is 3.98. The van der Waals surface area contributed by atoms with Gasteiger partial charge in [0.1, 0.15) is 5.75 Å². The van der Waals surface area contributed by atoms with Crippen molar-refractivity contribution in [1.29, 1.82) is 0 Å². The summed E-state index contributed by atoms with van der Waals surface area (Å²) in [6.07, 6.45) is 6.64. The lowest BCUT2D eigenvalue weighted by atomic mass is 10.0. The number of anilines is 1. The highest BCUT2D eigenvalue weighted by Crippen LogP contribution is 2.26. The molecule has 3 rings (SSSR count). The third-order valence-corrected chi connectivity index (χ3v) is 7.89. The van der Waals surface area contributed by atoms with Crippen LogP contribution in [0.1, 0.15) is 56.1 Å². The minimum absolute atomic E-state index is 0.0405. The van der Waals surface area contributed by atoms with Crippen LogP contribution in [0.2, 0.25) is 0 Å². The summed E-state index contributed by atoms with van der Waals surface area (Å²) in [7, 11) is -1.51. The van der Waals surface area contributed by atoms with Crippen molar-refractivity contribution < 1.29 is 17.9 Å². The number of ether oxygens (including phenoxy) is 1. The number of carbonyl (C=O) groups is 1. The number of methoxy groups -OCH3 is 1. The van der Waals surface area contributed by atoms with Gasteiger partial charge in [-0.05, 0) is 61.1 Å². The number of benzene rings is 2. The molecular weight excluding hydrogens is 398 g/mol. The minimum Gasteiger partial charge on any atom is -0.497 e. The monoisotopic (exact) mass is 429 g/mol. The first kappa shape index (κ1) is 22.3. The highest BCUT2D eigenvalue weighted by molar-refractivity contribution is 7.91. The Morgan fingerprint density at radius 1 is 1.03 bits per heavy atom. The Hall–Kier alpha value is -2.34. The maximum atomic E-state index is 12.7. The number of aryl methyl sites for hydroxylation is 1. The lowest BCUT2D eigenvalue weighted by molar-refractivity contribution is -0.116. The first-order valence-corrected chi connectivity index (χ1v) is 12.4. The van der Waals surface area contributed by atoms with E-state index in [1.165, 1.54) is 5.56 Å². The highest BCUT2D eigenvalue weighted by atomic mass is 32.2. The summed E-state index contributed by atoms with van der Waals surface area (Å²) < 4.78 is 30.6. The number of sulfone groups is 1. The zero-order valence-corrected chi connectivity index (χ0v) is 18.4. The van der Waals surface area contributed by atoms with Crippen molar-refractivity contribution in [3.05, 3.63) is 59.7 Å². The number of amides is 1. The summed E-state index contributed by atoms with van der Waals surface area (Å²) in [6, 6.07) is 15.1. The molecule has 1 amide bonds. The quantitative estimate of drug-likeness (QED) is 0.615. The van der Waals surface area contributed by atoms with E-state index in [0.717, 1.165) is 56.3 Å². The van der Waals surface area contributed by atoms with Gasteiger partial charge in [-0.15, -0.1) is 0 Å². The zero-order chi connectivity index (χ0) is 21.4. The van der Waals surface area contributed by atoms with Crippen LogP contribution in [0, 0.1) is 0 Å². The average Bonchev–Trinajstić information content (AvgIpc) is 2.75. The molecule has 1 aliphatic rings.